The Kier molecular flexibility index (Phi) is 10.1. The van der Waals surface area contributed by atoms with E-state index in [1.807, 2.05) is 30.3 Å². The van der Waals surface area contributed by atoms with Gasteiger partial charge in [-0.05, 0) is 65.4 Å². The van der Waals surface area contributed by atoms with Gasteiger partial charge in [0, 0.05) is 49.1 Å². The first kappa shape index (κ1) is 32.0. The standard InChI is InChI=1S/C36H35FN4O5/c1-44-32-12-11-25(19-31(32)42)29-22-40-36(35(46-3)34(29)26-9-10-27(20-38)30(37)18-26)41-16-14-28(15-17-41)39-21-24-6-4-23(5-7-24)8-13-33(43)45-2/h4-13,18-19,22,28,39,42H,14-17,21H2,1-3H3/b13-8+. The number of pyridine rings is 1. The molecule has 236 valence electrons. The molecule has 0 saturated carbocycles. The van der Waals surface area contributed by atoms with Crippen LogP contribution in [0.1, 0.15) is 29.5 Å². The summed E-state index contributed by atoms with van der Waals surface area (Å²) in [7, 11) is 4.39. The third-order valence-electron chi connectivity index (χ3n) is 8.07. The number of esters is 1. The maximum Gasteiger partial charge on any atom is 0.330 e. The largest absolute Gasteiger partial charge is 0.504 e. The highest BCUT2D eigenvalue weighted by Crippen LogP contribution is 2.45. The maximum absolute atomic E-state index is 14.9. The number of carbonyl (C=O) groups is 1. The van der Waals surface area contributed by atoms with E-state index in [9.17, 15) is 19.6 Å². The van der Waals surface area contributed by atoms with Crippen molar-refractivity contribution >= 4 is 17.9 Å². The first-order valence-corrected chi connectivity index (χ1v) is 14.8. The lowest BCUT2D eigenvalue weighted by Gasteiger charge is -2.34. The highest BCUT2D eigenvalue weighted by molar-refractivity contribution is 5.91. The van der Waals surface area contributed by atoms with Crippen molar-refractivity contribution in [2.24, 2.45) is 0 Å². The molecule has 3 aromatic carbocycles. The van der Waals surface area contributed by atoms with Gasteiger partial charge in [0.25, 0.3) is 0 Å². The third kappa shape index (κ3) is 7.11. The number of carbonyl (C=O) groups excluding carboxylic acids is 1. The van der Waals surface area contributed by atoms with Crippen molar-refractivity contribution in [3.8, 4) is 45.6 Å². The second-order valence-electron chi connectivity index (χ2n) is 10.8. The Labute approximate surface area is 267 Å². The Hall–Kier alpha value is -5.40. The van der Waals surface area contributed by atoms with Gasteiger partial charge in [0.15, 0.2) is 23.1 Å². The number of aromatic nitrogens is 1. The van der Waals surface area contributed by atoms with E-state index in [0.717, 1.165) is 37.1 Å². The quantitative estimate of drug-likeness (QED) is 0.160. The third-order valence-corrected chi connectivity index (χ3v) is 8.07. The number of ether oxygens (including phenoxy) is 3. The van der Waals surface area contributed by atoms with E-state index in [1.54, 1.807) is 43.6 Å². The van der Waals surface area contributed by atoms with E-state index in [1.165, 1.54) is 32.4 Å². The number of methoxy groups -OCH3 is 3. The monoisotopic (exact) mass is 622 g/mol. The molecule has 9 nitrogen and oxygen atoms in total. The van der Waals surface area contributed by atoms with Gasteiger partial charge >= 0.3 is 5.97 Å². The van der Waals surface area contributed by atoms with Gasteiger partial charge in [-0.15, -0.1) is 0 Å². The number of aromatic hydroxyl groups is 1. The molecule has 2 heterocycles. The molecular weight excluding hydrogens is 587 g/mol. The molecule has 1 aliphatic heterocycles. The molecule has 1 aromatic heterocycles. The molecule has 1 saturated heterocycles. The SMILES string of the molecule is COC(=O)/C=C/c1ccc(CNC2CCN(c3ncc(-c4ccc(OC)c(O)c4)c(-c4ccc(C#N)c(F)c4)c3OC)CC2)cc1. The molecule has 46 heavy (non-hydrogen) atoms. The molecule has 0 bridgehead atoms. The number of nitrogens with zero attached hydrogens (tertiary/aromatic N) is 3. The Morgan fingerprint density at radius 1 is 1.07 bits per heavy atom. The number of hydrogen-bond acceptors (Lipinski definition) is 9. The molecule has 1 fully saturated rings. The second kappa shape index (κ2) is 14.6. The summed E-state index contributed by atoms with van der Waals surface area (Å²) < 4.78 is 30.7. The number of rotatable bonds is 10. The van der Waals surface area contributed by atoms with Crippen molar-refractivity contribution < 1.29 is 28.5 Å². The molecule has 4 aromatic rings. The molecule has 0 radical (unpaired) electrons. The summed E-state index contributed by atoms with van der Waals surface area (Å²) in [6.07, 6.45) is 6.57. The average Bonchev–Trinajstić information content (AvgIpc) is 3.09. The number of phenolic OH excluding ortho intramolecular Hbond substituents is 1. The van der Waals surface area contributed by atoms with Crippen LogP contribution in [0.2, 0.25) is 0 Å². The summed E-state index contributed by atoms with van der Waals surface area (Å²) in [6, 6.07) is 19.6. The Morgan fingerprint density at radius 3 is 2.43 bits per heavy atom. The number of anilines is 1. The van der Waals surface area contributed by atoms with Crippen LogP contribution in [0.4, 0.5) is 10.2 Å². The molecule has 0 atom stereocenters. The van der Waals surface area contributed by atoms with Crippen LogP contribution in [-0.4, -0.2) is 56.5 Å². The van der Waals surface area contributed by atoms with E-state index >= 15 is 0 Å². The van der Waals surface area contributed by atoms with Gasteiger partial charge in [0.1, 0.15) is 11.9 Å². The van der Waals surface area contributed by atoms with Crippen molar-refractivity contribution in [2.45, 2.75) is 25.4 Å². The van der Waals surface area contributed by atoms with Crippen molar-refractivity contribution in [1.82, 2.24) is 10.3 Å². The van der Waals surface area contributed by atoms with Crippen LogP contribution in [0, 0.1) is 17.1 Å². The number of phenols is 1. The van der Waals surface area contributed by atoms with Crippen LogP contribution < -0.4 is 19.7 Å². The van der Waals surface area contributed by atoms with Gasteiger partial charge < -0.3 is 29.5 Å². The molecule has 0 spiro atoms. The number of nitrogens with one attached hydrogen (secondary N) is 1. The number of hydrogen-bond donors (Lipinski definition) is 2. The zero-order chi connectivity index (χ0) is 32.6. The minimum absolute atomic E-state index is 0.0408. The van der Waals surface area contributed by atoms with E-state index in [0.29, 0.717) is 52.2 Å². The van der Waals surface area contributed by atoms with Gasteiger partial charge in [-0.25, -0.2) is 14.2 Å². The topological polar surface area (TPSA) is 117 Å². The van der Waals surface area contributed by atoms with E-state index in [2.05, 4.69) is 15.0 Å². The van der Waals surface area contributed by atoms with Gasteiger partial charge in [-0.2, -0.15) is 5.26 Å². The van der Waals surface area contributed by atoms with E-state index in [4.69, 9.17) is 14.5 Å². The fourth-order valence-corrected chi connectivity index (χ4v) is 5.56. The van der Waals surface area contributed by atoms with Crippen molar-refractivity contribution in [3.05, 3.63) is 95.4 Å². The van der Waals surface area contributed by atoms with Crippen molar-refractivity contribution in [1.29, 1.82) is 5.26 Å². The summed E-state index contributed by atoms with van der Waals surface area (Å²) >= 11 is 0. The first-order chi connectivity index (χ1) is 22.3. The lowest BCUT2D eigenvalue weighted by atomic mass is 9.93. The van der Waals surface area contributed by atoms with Gasteiger partial charge in [0.05, 0.1) is 26.9 Å². The fraction of sp³-hybridized carbons (Fsp3) is 0.250. The number of piperidine rings is 1. The van der Waals surface area contributed by atoms with E-state index in [-0.39, 0.29) is 11.3 Å². The summed E-state index contributed by atoms with van der Waals surface area (Å²) in [5, 5.41) is 23.4. The molecular formula is C36H35FN4O5. The Bertz CT molecular complexity index is 1780. The van der Waals surface area contributed by atoms with Crippen LogP contribution >= 0.6 is 0 Å². The second-order valence-corrected chi connectivity index (χ2v) is 10.8. The average molecular weight is 623 g/mol. The lowest BCUT2D eigenvalue weighted by molar-refractivity contribution is -0.134. The highest BCUT2D eigenvalue weighted by atomic mass is 19.1. The molecule has 0 amide bonds. The molecule has 2 N–H and O–H groups in total. The highest BCUT2D eigenvalue weighted by Gasteiger charge is 2.27. The van der Waals surface area contributed by atoms with Crippen LogP contribution in [0.5, 0.6) is 17.2 Å². The van der Waals surface area contributed by atoms with Crippen LogP contribution in [0.3, 0.4) is 0 Å². The summed E-state index contributed by atoms with van der Waals surface area (Å²) in [5.41, 5.74) is 4.40. The summed E-state index contributed by atoms with van der Waals surface area (Å²) in [4.78, 5) is 18.3. The zero-order valence-electron chi connectivity index (χ0n) is 25.9. The maximum atomic E-state index is 14.9. The molecule has 10 heteroatoms. The van der Waals surface area contributed by atoms with Crippen molar-refractivity contribution in [3.63, 3.8) is 0 Å². The predicted molar refractivity (Wildman–Crippen MR) is 174 cm³/mol. The van der Waals surface area contributed by atoms with E-state index < -0.39 is 11.8 Å². The van der Waals surface area contributed by atoms with Crippen LogP contribution in [0.15, 0.2) is 72.9 Å². The van der Waals surface area contributed by atoms with Crippen molar-refractivity contribution in [2.75, 3.05) is 39.3 Å². The van der Waals surface area contributed by atoms with Gasteiger partial charge in [-0.1, -0.05) is 36.4 Å². The van der Waals surface area contributed by atoms with Crippen LogP contribution in [-0.2, 0) is 16.1 Å². The Morgan fingerprint density at radius 2 is 1.80 bits per heavy atom. The molecule has 5 rings (SSSR count). The van der Waals surface area contributed by atoms with Gasteiger partial charge in [0.2, 0.25) is 0 Å². The lowest BCUT2D eigenvalue weighted by Crippen LogP contribution is -2.42. The number of halogens is 1. The van der Waals surface area contributed by atoms with Gasteiger partial charge in [-0.3, -0.25) is 0 Å². The number of nitriles is 1. The smallest absolute Gasteiger partial charge is 0.330 e. The fourth-order valence-electron chi connectivity index (χ4n) is 5.56. The number of benzene rings is 3. The molecule has 0 aliphatic carbocycles. The Balaban J connectivity index is 1.36. The summed E-state index contributed by atoms with van der Waals surface area (Å²) in [5.74, 6) is 0.372. The summed E-state index contributed by atoms with van der Waals surface area (Å²) in [6.45, 7) is 2.16. The minimum atomic E-state index is -0.636. The zero-order valence-corrected chi connectivity index (χ0v) is 25.9. The normalized spacial score (nSPS) is 13.4. The minimum Gasteiger partial charge on any atom is -0.504 e. The predicted octanol–water partition coefficient (Wildman–Crippen LogP) is 6.09. The molecule has 1 aliphatic rings. The first-order valence-electron chi connectivity index (χ1n) is 14.8. The molecule has 0 unspecified atom stereocenters. The van der Waals surface area contributed by atoms with Crippen LogP contribution in [0.25, 0.3) is 28.3 Å².